The van der Waals surface area contributed by atoms with E-state index in [1.807, 2.05) is 41.8 Å². The van der Waals surface area contributed by atoms with Gasteiger partial charge in [-0.1, -0.05) is 42.5 Å². The first-order valence-electron chi connectivity index (χ1n) is 7.78. The van der Waals surface area contributed by atoms with Crippen LogP contribution in [-0.4, -0.2) is 18.0 Å². The molecule has 3 aromatic rings. The molecule has 3 rings (SSSR count). The Balaban J connectivity index is 1.74. The summed E-state index contributed by atoms with van der Waals surface area (Å²) in [6.45, 7) is 0. The van der Waals surface area contributed by atoms with Crippen LogP contribution in [0.25, 0.3) is 17.3 Å². The highest BCUT2D eigenvalue weighted by molar-refractivity contribution is 7.14. The van der Waals surface area contributed by atoms with E-state index in [4.69, 9.17) is 4.74 Å². The van der Waals surface area contributed by atoms with E-state index in [9.17, 15) is 10.1 Å². The van der Waals surface area contributed by atoms with Gasteiger partial charge >= 0.3 is 0 Å². The molecule has 1 N–H and O–H groups in total. The number of anilines is 1. The summed E-state index contributed by atoms with van der Waals surface area (Å²) in [5, 5.41) is 14.3. The van der Waals surface area contributed by atoms with Gasteiger partial charge in [-0.15, -0.1) is 11.3 Å². The number of methoxy groups -OCH3 is 1. The summed E-state index contributed by atoms with van der Waals surface area (Å²) in [5.41, 5.74) is 2.50. The number of hydrogen-bond donors (Lipinski definition) is 1. The molecule has 0 atom stereocenters. The third-order valence-electron chi connectivity index (χ3n) is 3.59. The van der Waals surface area contributed by atoms with Crippen molar-refractivity contribution in [3.05, 3.63) is 71.1 Å². The number of nitriles is 1. The van der Waals surface area contributed by atoms with Crippen LogP contribution in [0, 0.1) is 11.3 Å². The summed E-state index contributed by atoms with van der Waals surface area (Å²) in [7, 11) is 1.58. The number of carbonyl (C=O) groups is 1. The SMILES string of the molecule is COc1ccc(/C=C(/C#N)C(=O)Nc2nc(-c3ccccc3)cs2)cc1. The van der Waals surface area contributed by atoms with Gasteiger partial charge in [-0.3, -0.25) is 10.1 Å². The number of carbonyl (C=O) groups excluding carboxylic acids is 1. The fourth-order valence-electron chi connectivity index (χ4n) is 2.25. The predicted molar refractivity (Wildman–Crippen MR) is 103 cm³/mol. The van der Waals surface area contributed by atoms with Gasteiger partial charge in [-0.2, -0.15) is 5.26 Å². The van der Waals surface area contributed by atoms with E-state index in [0.717, 1.165) is 16.8 Å². The third kappa shape index (κ3) is 4.15. The number of nitrogens with zero attached hydrogens (tertiary/aromatic N) is 2. The molecule has 0 bridgehead atoms. The molecule has 1 heterocycles. The summed E-state index contributed by atoms with van der Waals surface area (Å²) in [6.07, 6.45) is 1.53. The van der Waals surface area contributed by atoms with Crippen molar-refractivity contribution in [2.75, 3.05) is 12.4 Å². The second-order valence-corrected chi connectivity index (χ2v) is 6.16. The van der Waals surface area contributed by atoms with Gasteiger partial charge in [-0.25, -0.2) is 4.98 Å². The first kappa shape index (κ1) is 17.4. The number of hydrogen-bond acceptors (Lipinski definition) is 5. The van der Waals surface area contributed by atoms with E-state index in [1.54, 1.807) is 31.4 Å². The van der Waals surface area contributed by atoms with Gasteiger partial charge < -0.3 is 4.74 Å². The molecule has 1 amide bonds. The van der Waals surface area contributed by atoms with Gasteiger partial charge in [0.25, 0.3) is 5.91 Å². The molecular formula is C20H15N3O2S. The highest BCUT2D eigenvalue weighted by Crippen LogP contribution is 2.25. The Morgan fingerprint density at radius 1 is 1.19 bits per heavy atom. The van der Waals surface area contributed by atoms with Crippen molar-refractivity contribution in [2.45, 2.75) is 0 Å². The van der Waals surface area contributed by atoms with Crippen molar-refractivity contribution < 1.29 is 9.53 Å². The second kappa shape index (κ2) is 8.10. The average molecular weight is 361 g/mol. The Kier molecular flexibility index (Phi) is 5.42. The lowest BCUT2D eigenvalue weighted by atomic mass is 10.1. The van der Waals surface area contributed by atoms with E-state index in [1.165, 1.54) is 17.4 Å². The average Bonchev–Trinajstić information content (AvgIpc) is 3.15. The molecule has 6 heteroatoms. The maximum absolute atomic E-state index is 12.4. The fourth-order valence-corrected chi connectivity index (χ4v) is 2.97. The van der Waals surface area contributed by atoms with Crippen LogP contribution in [0.4, 0.5) is 5.13 Å². The summed E-state index contributed by atoms with van der Waals surface area (Å²) in [6, 6.07) is 18.7. The highest BCUT2D eigenvalue weighted by Gasteiger charge is 2.12. The van der Waals surface area contributed by atoms with Gasteiger partial charge in [0.15, 0.2) is 5.13 Å². The van der Waals surface area contributed by atoms with Crippen LogP contribution < -0.4 is 10.1 Å². The number of nitrogens with one attached hydrogen (secondary N) is 1. The molecule has 0 aliphatic carbocycles. The van der Waals surface area contributed by atoms with Crippen molar-refractivity contribution >= 4 is 28.5 Å². The van der Waals surface area contributed by atoms with Crippen LogP contribution in [0.1, 0.15) is 5.56 Å². The zero-order chi connectivity index (χ0) is 18.4. The molecule has 2 aromatic carbocycles. The van der Waals surface area contributed by atoms with Crippen LogP contribution >= 0.6 is 11.3 Å². The maximum atomic E-state index is 12.4. The van der Waals surface area contributed by atoms with Crippen molar-refractivity contribution in [3.8, 4) is 23.1 Å². The van der Waals surface area contributed by atoms with Crippen LogP contribution in [-0.2, 0) is 4.79 Å². The molecule has 0 fully saturated rings. The lowest BCUT2D eigenvalue weighted by Gasteiger charge is -2.02. The molecular weight excluding hydrogens is 346 g/mol. The Bertz CT molecular complexity index is 970. The Labute approximate surface area is 155 Å². The Hall–Kier alpha value is -3.43. The number of rotatable bonds is 5. The van der Waals surface area contributed by atoms with E-state index >= 15 is 0 Å². The molecule has 0 unspecified atom stereocenters. The lowest BCUT2D eigenvalue weighted by molar-refractivity contribution is -0.112. The largest absolute Gasteiger partial charge is 0.497 e. The normalized spacial score (nSPS) is 10.8. The minimum absolute atomic E-state index is 0.00614. The molecule has 0 saturated carbocycles. The van der Waals surface area contributed by atoms with Gasteiger partial charge in [0.2, 0.25) is 0 Å². The zero-order valence-corrected chi connectivity index (χ0v) is 14.8. The molecule has 128 valence electrons. The zero-order valence-electron chi connectivity index (χ0n) is 14.0. The third-order valence-corrected chi connectivity index (χ3v) is 4.34. The maximum Gasteiger partial charge on any atom is 0.268 e. The van der Waals surface area contributed by atoms with Gasteiger partial charge in [-0.05, 0) is 23.8 Å². The van der Waals surface area contributed by atoms with Crippen LogP contribution in [0.2, 0.25) is 0 Å². The summed E-state index contributed by atoms with van der Waals surface area (Å²) < 4.78 is 5.09. The number of thiazole rings is 1. The second-order valence-electron chi connectivity index (χ2n) is 5.30. The standard InChI is InChI=1S/C20H15N3O2S/c1-25-17-9-7-14(8-10-17)11-16(12-21)19(24)23-20-22-18(13-26-20)15-5-3-2-4-6-15/h2-11,13H,1H3,(H,22,23,24)/b16-11-. The van der Waals surface area contributed by atoms with Crippen molar-refractivity contribution in [2.24, 2.45) is 0 Å². The minimum Gasteiger partial charge on any atom is -0.497 e. The summed E-state index contributed by atoms with van der Waals surface area (Å²) in [5.74, 6) is 0.221. The number of benzene rings is 2. The van der Waals surface area contributed by atoms with Crippen molar-refractivity contribution in [1.29, 1.82) is 5.26 Å². The van der Waals surface area contributed by atoms with E-state index < -0.39 is 5.91 Å². The number of aromatic nitrogens is 1. The lowest BCUT2D eigenvalue weighted by Crippen LogP contribution is -2.13. The predicted octanol–water partition coefficient (Wildman–Crippen LogP) is 4.36. The highest BCUT2D eigenvalue weighted by atomic mass is 32.1. The summed E-state index contributed by atoms with van der Waals surface area (Å²) in [4.78, 5) is 16.8. The Morgan fingerprint density at radius 3 is 2.58 bits per heavy atom. The van der Waals surface area contributed by atoms with Gasteiger partial charge in [0, 0.05) is 10.9 Å². The first-order chi connectivity index (χ1) is 12.7. The van der Waals surface area contributed by atoms with Gasteiger partial charge in [0.1, 0.15) is 17.4 Å². The molecule has 26 heavy (non-hydrogen) atoms. The molecule has 1 aromatic heterocycles. The van der Waals surface area contributed by atoms with E-state index in [-0.39, 0.29) is 5.57 Å². The monoisotopic (exact) mass is 361 g/mol. The van der Waals surface area contributed by atoms with E-state index in [0.29, 0.717) is 10.9 Å². The van der Waals surface area contributed by atoms with Crippen LogP contribution in [0.15, 0.2) is 65.6 Å². The van der Waals surface area contributed by atoms with Gasteiger partial charge in [0.05, 0.1) is 12.8 Å². The Morgan fingerprint density at radius 2 is 1.92 bits per heavy atom. The van der Waals surface area contributed by atoms with Crippen LogP contribution in [0.5, 0.6) is 5.75 Å². The smallest absolute Gasteiger partial charge is 0.268 e. The first-order valence-corrected chi connectivity index (χ1v) is 8.65. The topological polar surface area (TPSA) is 75.0 Å². The molecule has 5 nitrogen and oxygen atoms in total. The molecule has 0 spiro atoms. The van der Waals surface area contributed by atoms with Crippen LogP contribution in [0.3, 0.4) is 0 Å². The quantitative estimate of drug-likeness (QED) is 0.541. The molecule has 0 radical (unpaired) electrons. The molecule has 0 aliphatic rings. The van der Waals surface area contributed by atoms with Crippen molar-refractivity contribution in [3.63, 3.8) is 0 Å². The minimum atomic E-state index is -0.489. The van der Waals surface area contributed by atoms with Crippen molar-refractivity contribution in [1.82, 2.24) is 4.98 Å². The number of amides is 1. The number of ether oxygens (including phenoxy) is 1. The fraction of sp³-hybridized carbons (Fsp3) is 0.0500. The van der Waals surface area contributed by atoms with E-state index in [2.05, 4.69) is 10.3 Å². The summed E-state index contributed by atoms with van der Waals surface area (Å²) >= 11 is 1.32. The molecule has 0 saturated heterocycles. The molecule has 0 aliphatic heterocycles.